The van der Waals surface area contributed by atoms with Gasteiger partial charge in [0.2, 0.25) is 0 Å². The smallest absolute Gasteiger partial charge is 0.324 e. The first-order valence-electron chi connectivity index (χ1n) is 4.90. The molecule has 78 valence electrons. The first-order chi connectivity index (χ1) is 7.22. The topological polar surface area (TPSA) is 52.6 Å². The Morgan fingerprint density at radius 1 is 1.13 bits per heavy atom. The number of hydrogen-bond acceptors (Lipinski definition) is 5. The fraction of sp³-hybridized carbons (Fsp3) is 0.600. The quantitative estimate of drug-likeness (QED) is 0.332. The van der Waals surface area contributed by atoms with Crippen LogP contribution in [0.4, 0.5) is 0 Å². The molecule has 0 aromatic rings. The van der Waals surface area contributed by atoms with Crippen molar-refractivity contribution in [2.75, 3.05) is 11.5 Å². The Bertz CT molecular complexity index is 395. The van der Waals surface area contributed by atoms with Crippen molar-refractivity contribution in [3.8, 4) is 0 Å². The van der Waals surface area contributed by atoms with Crippen molar-refractivity contribution in [2.24, 2.45) is 10.8 Å². The van der Waals surface area contributed by atoms with Crippen LogP contribution in [0.15, 0.2) is 12.2 Å². The molecular weight excluding hydrogens is 216 g/mol. The number of rotatable bonds is 0. The average molecular weight is 224 g/mol. The van der Waals surface area contributed by atoms with Gasteiger partial charge in [0.15, 0.2) is 0 Å². The molecule has 0 aromatic heterocycles. The fourth-order valence-corrected chi connectivity index (χ4v) is 5.12. The largest absolute Gasteiger partial charge is 0.392 e. The second-order valence-corrected chi connectivity index (χ2v) is 5.46. The molecule has 0 spiro atoms. The maximum absolute atomic E-state index is 11.9. The summed E-state index contributed by atoms with van der Waals surface area (Å²) < 4.78 is 10.5. The molecule has 4 aliphatic heterocycles. The van der Waals surface area contributed by atoms with Gasteiger partial charge in [-0.25, -0.2) is 0 Å². The van der Waals surface area contributed by atoms with Crippen molar-refractivity contribution in [1.29, 1.82) is 0 Å². The van der Waals surface area contributed by atoms with E-state index >= 15 is 0 Å². The molecule has 4 aliphatic rings. The van der Waals surface area contributed by atoms with E-state index in [1.807, 2.05) is 12.2 Å². The molecular formula is C10H8O4S. The van der Waals surface area contributed by atoms with Gasteiger partial charge in [0.25, 0.3) is 0 Å². The van der Waals surface area contributed by atoms with Crippen molar-refractivity contribution >= 4 is 23.7 Å². The summed E-state index contributed by atoms with van der Waals surface area (Å²) in [6.07, 6.45) is 3.29. The number of fused-ring (bicyclic) bond motifs is 2. The molecule has 0 N–H and O–H groups in total. The molecule has 0 aliphatic carbocycles. The van der Waals surface area contributed by atoms with Gasteiger partial charge in [0.1, 0.15) is 10.8 Å². The van der Waals surface area contributed by atoms with Gasteiger partial charge in [-0.3, -0.25) is 9.59 Å². The van der Waals surface area contributed by atoms with Gasteiger partial charge in [-0.1, -0.05) is 12.2 Å². The minimum atomic E-state index is -0.714. The lowest BCUT2D eigenvalue weighted by molar-refractivity contribution is -0.159. The number of thioether (sulfide) groups is 1. The normalized spacial score (nSPS) is 54.7. The molecule has 0 aromatic carbocycles. The third-order valence-corrected chi connectivity index (χ3v) is 5.41. The van der Waals surface area contributed by atoms with Crippen molar-refractivity contribution in [3.63, 3.8) is 0 Å². The number of esters is 2. The molecule has 2 bridgehead atoms. The lowest BCUT2D eigenvalue weighted by Crippen LogP contribution is -2.50. The van der Waals surface area contributed by atoms with Crippen LogP contribution in [0.25, 0.3) is 0 Å². The standard InChI is InChI=1S/C10H8O4S/c11-7-9-3-15-4-10(9,8(12)14-7)6-2-1-5(9)13-6/h1-2,5-6H,3-4H2/t5-,6+,9+,10-. The molecule has 4 rings (SSSR count). The summed E-state index contributed by atoms with van der Waals surface area (Å²) >= 11 is 1.65. The third-order valence-electron chi connectivity index (χ3n) is 4.09. The van der Waals surface area contributed by atoms with Crippen LogP contribution < -0.4 is 0 Å². The molecule has 0 unspecified atom stereocenters. The van der Waals surface area contributed by atoms with Crippen LogP contribution in [0.5, 0.6) is 0 Å². The van der Waals surface area contributed by atoms with Gasteiger partial charge < -0.3 is 9.47 Å². The second kappa shape index (κ2) is 2.15. The maximum Gasteiger partial charge on any atom is 0.324 e. The number of carbonyl (C=O) groups is 2. The number of carbonyl (C=O) groups excluding carboxylic acids is 2. The van der Waals surface area contributed by atoms with Crippen LogP contribution in [-0.4, -0.2) is 35.7 Å². The summed E-state index contributed by atoms with van der Waals surface area (Å²) in [5.74, 6) is 0.523. The highest BCUT2D eigenvalue weighted by molar-refractivity contribution is 7.99. The zero-order valence-electron chi connectivity index (χ0n) is 7.76. The van der Waals surface area contributed by atoms with Gasteiger partial charge >= 0.3 is 11.9 Å². The summed E-state index contributed by atoms with van der Waals surface area (Å²) in [5.41, 5.74) is -1.43. The lowest BCUT2D eigenvalue weighted by Gasteiger charge is -2.30. The fourth-order valence-electron chi connectivity index (χ4n) is 3.29. The summed E-state index contributed by atoms with van der Waals surface area (Å²) in [5, 5.41) is 0. The number of hydrogen-bond donors (Lipinski definition) is 0. The number of ether oxygens (including phenoxy) is 2. The van der Waals surface area contributed by atoms with E-state index in [0.717, 1.165) is 0 Å². The Hall–Kier alpha value is -0.810. The summed E-state index contributed by atoms with van der Waals surface area (Å²) in [4.78, 5) is 23.8. The molecule has 4 heterocycles. The van der Waals surface area contributed by atoms with Crippen molar-refractivity contribution in [2.45, 2.75) is 12.2 Å². The Balaban J connectivity index is 2.05. The first-order valence-corrected chi connectivity index (χ1v) is 6.05. The van der Waals surface area contributed by atoms with E-state index in [-0.39, 0.29) is 24.1 Å². The molecule has 0 amide bonds. The van der Waals surface area contributed by atoms with E-state index in [9.17, 15) is 9.59 Å². The molecule has 5 heteroatoms. The van der Waals surface area contributed by atoms with E-state index in [1.165, 1.54) is 0 Å². The van der Waals surface area contributed by atoms with Gasteiger partial charge in [0, 0.05) is 11.5 Å². The lowest BCUT2D eigenvalue weighted by atomic mass is 9.61. The minimum absolute atomic E-state index is 0.253. The Morgan fingerprint density at radius 3 is 2.20 bits per heavy atom. The summed E-state index contributed by atoms with van der Waals surface area (Å²) in [6, 6.07) is 0. The highest BCUT2D eigenvalue weighted by atomic mass is 32.2. The SMILES string of the molecule is O=C1OC(=O)[C@@]23CSC[C@@]12[C@@H]1C=C[C@H]3O1. The van der Waals surface area contributed by atoms with Gasteiger partial charge in [-0.05, 0) is 0 Å². The van der Waals surface area contributed by atoms with Gasteiger partial charge in [0.05, 0.1) is 12.2 Å². The van der Waals surface area contributed by atoms with Crippen molar-refractivity contribution in [3.05, 3.63) is 12.2 Å². The van der Waals surface area contributed by atoms with E-state index in [4.69, 9.17) is 9.47 Å². The van der Waals surface area contributed by atoms with E-state index in [1.54, 1.807) is 11.8 Å². The van der Waals surface area contributed by atoms with Crippen LogP contribution in [-0.2, 0) is 19.1 Å². The Morgan fingerprint density at radius 2 is 1.67 bits per heavy atom. The highest BCUT2D eigenvalue weighted by Gasteiger charge is 2.82. The zero-order chi connectivity index (χ0) is 10.3. The zero-order valence-corrected chi connectivity index (χ0v) is 8.58. The van der Waals surface area contributed by atoms with Crippen LogP contribution in [0.1, 0.15) is 0 Å². The van der Waals surface area contributed by atoms with E-state index in [0.29, 0.717) is 11.5 Å². The predicted molar refractivity (Wildman–Crippen MR) is 51.1 cm³/mol. The summed E-state index contributed by atoms with van der Waals surface area (Å²) in [6.45, 7) is 0. The third kappa shape index (κ3) is 0.584. The van der Waals surface area contributed by atoms with Crippen molar-refractivity contribution in [1.82, 2.24) is 0 Å². The van der Waals surface area contributed by atoms with Crippen LogP contribution >= 0.6 is 11.8 Å². The van der Waals surface area contributed by atoms with E-state index in [2.05, 4.69) is 0 Å². The Labute approximate surface area is 90.0 Å². The summed E-state index contributed by atoms with van der Waals surface area (Å²) in [7, 11) is 0. The van der Waals surface area contributed by atoms with Crippen LogP contribution in [0, 0.1) is 10.8 Å². The first kappa shape index (κ1) is 8.35. The molecule has 4 atom stereocenters. The molecule has 4 nitrogen and oxygen atoms in total. The molecule has 0 radical (unpaired) electrons. The Kier molecular flexibility index (Phi) is 1.20. The molecule has 3 fully saturated rings. The van der Waals surface area contributed by atoms with Gasteiger partial charge in [-0.15, -0.1) is 0 Å². The van der Waals surface area contributed by atoms with E-state index < -0.39 is 10.8 Å². The van der Waals surface area contributed by atoms with Crippen LogP contribution in [0.3, 0.4) is 0 Å². The molecule has 15 heavy (non-hydrogen) atoms. The highest BCUT2D eigenvalue weighted by Crippen LogP contribution is 2.67. The minimum Gasteiger partial charge on any atom is -0.392 e. The van der Waals surface area contributed by atoms with Crippen LogP contribution in [0.2, 0.25) is 0 Å². The maximum atomic E-state index is 11.9. The van der Waals surface area contributed by atoms with Crippen molar-refractivity contribution < 1.29 is 19.1 Å². The second-order valence-electron chi connectivity index (χ2n) is 4.47. The molecule has 3 saturated heterocycles. The predicted octanol–water partition coefficient (Wildman–Crippen LogP) is 0.127. The number of cyclic esters (lactones) is 2. The van der Waals surface area contributed by atoms with Gasteiger partial charge in [-0.2, -0.15) is 11.8 Å². The average Bonchev–Trinajstić information content (AvgIpc) is 2.89. The molecule has 0 saturated carbocycles. The monoisotopic (exact) mass is 224 g/mol.